The first-order chi connectivity index (χ1) is 8.83. The SMILES string of the molecule is Fc1cccc(/C=C/n2ccc3c2CCCC3)c1. The number of nitrogens with zero attached hydrogens (tertiary/aromatic N) is 1. The van der Waals surface area contributed by atoms with E-state index in [0.717, 1.165) is 12.0 Å². The van der Waals surface area contributed by atoms with Gasteiger partial charge in [0, 0.05) is 18.1 Å². The smallest absolute Gasteiger partial charge is 0.123 e. The first-order valence-electron chi connectivity index (χ1n) is 6.45. The monoisotopic (exact) mass is 241 g/mol. The number of rotatable bonds is 2. The van der Waals surface area contributed by atoms with Crippen LogP contribution in [0.2, 0.25) is 0 Å². The van der Waals surface area contributed by atoms with E-state index in [-0.39, 0.29) is 5.82 Å². The third kappa shape index (κ3) is 2.23. The summed E-state index contributed by atoms with van der Waals surface area (Å²) in [6.07, 6.45) is 11.0. The Balaban J connectivity index is 1.86. The van der Waals surface area contributed by atoms with Crippen LogP contribution < -0.4 is 0 Å². The molecule has 1 aromatic heterocycles. The van der Waals surface area contributed by atoms with Crippen LogP contribution in [0.4, 0.5) is 4.39 Å². The Bertz CT molecular complexity index is 581. The highest BCUT2D eigenvalue weighted by atomic mass is 19.1. The maximum absolute atomic E-state index is 13.1. The highest BCUT2D eigenvalue weighted by Crippen LogP contribution is 2.22. The number of hydrogen-bond acceptors (Lipinski definition) is 0. The summed E-state index contributed by atoms with van der Waals surface area (Å²) in [5.74, 6) is -0.188. The van der Waals surface area contributed by atoms with E-state index in [1.165, 1.54) is 36.6 Å². The van der Waals surface area contributed by atoms with E-state index in [1.54, 1.807) is 12.1 Å². The summed E-state index contributed by atoms with van der Waals surface area (Å²) in [5.41, 5.74) is 3.77. The molecule has 0 spiro atoms. The van der Waals surface area contributed by atoms with Crippen molar-refractivity contribution < 1.29 is 4.39 Å². The maximum Gasteiger partial charge on any atom is 0.123 e. The van der Waals surface area contributed by atoms with Crippen LogP contribution in [0.1, 0.15) is 29.7 Å². The van der Waals surface area contributed by atoms with E-state index in [2.05, 4.69) is 16.8 Å². The topological polar surface area (TPSA) is 4.93 Å². The van der Waals surface area contributed by atoms with Crippen molar-refractivity contribution in [3.63, 3.8) is 0 Å². The van der Waals surface area contributed by atoms with E-state index in [9.17, 15) is 4.39 Å². The average molecular weight is 241 g/mol. The lowest BCUT2D eigenvalue weighted by atomic mass is 9.98. The molecule has 0 saturated heterocycles. The van der Waals surface area contributed by atoms with Gasteiger partial charge in [-0.2, -0.15) is 0 Å². The van der Waals surface area contributed by atoms with Crippen LogP contribution in [-0.4, -0.2) is 4.57 Å². The van der Waals surface area contributed by atoms with Crippen molar-refractivity contribution in [2.75, 3.05) is 0 Å². The fraction of sp³-hybridized carbons (Fsp3) is 0.250. The van der Waals surface area contributed by atoms with E-state index in [0.29, 0.717) is 0 Å². The highest BCUT2D eigenvalue weighted by Gasteiger charge is 2.11. The highest BCUT2D eigenvalue weighted by molar-refractivity contribution is 5.61. The van der Waals surface area contributed by atoms with Gasteiger partial charge in [0.05, 0.1) is 0 Å². The van der Waals surface area contributed by atoms with E-state index >= 15 is 0 Å². The molecule has 0 fully saturated rings. The van der Waals surface area contributed by atoms with Crippen LogP contribution in [0.15, 0.2) is 36.5 Å². The Labute approximate surface area is 107 Å². The van der Waals surface area contributed by atoms with Gasteiger partial charge in [0.2, 0.25) is 0 Å². The number of aromatic nitrogens is 1. The molecular formula is C16H16FN. The van der Waals surface area contributed by atoms with Crippen molar-refractivity contribution >= 4 is 12.3 Å². The first kappa shape index (κ1) is 11.3. The minimum atomic E-state index is -0.188. The molecule has 2 aromatic rings. The third-order valence-corrected chi connectivity index (χ3v) is 3.50. The summed E-state index contributed by atoms with van der Waals surface area (Å²) in [4.78, 5) is 0. The molecule has 0 bridgehead atoms. The Morgan fingerprint density at radius 3 is 2.89 bits per heavy atom. The second-order valence-corrected chi connectivity index (χ2v) is 4.77. The first-order valence-corrected chi connectivity index (χ1v) is 6.45. The lowest BCUT2D eigenvalue weighted by molar-refractivity contribution is 0.627. The van der Waals surface area contributed by atoms with Crippen molar-refractivity contribution in [3.05, 3.63) is 59.2 Å². The predicted molar refractivity (Wildman–Crippen MR) is 72.7 cm³/mol. The van der Waals surface area contributed by atoms with Gasteiger partial charge in [-0.25, -0.2) is 4.39 Å². The Morgan fingerprint density at radius 1 is 1.11 bits per heavy atom. The average Bonchev–Trinajstić information content (AvgIpc) is 2.80. The van der Waals surface area contributed by atoms with E-state index in [1.807, 2.05) is 18.3 Å². The van der Waals surface area contributed by atoms with Crippen molar-refractivity contribution in [1.29, 1.82) is 0 Å². The van der Waals surface area contributed by atoms with Crippen LogP contribution in [0, 0.1) is 5.82 Å². The predicted octanol–water partition coefficient (Wildman–Crippen LogP) is 4.13. The van der Waals surface area contributed by atoms with Gasteiger partial charge >= 0.3 is 0 Å². The van der Waals surface area contributed by atoms with Gasteiger partial charge in [-0.15, -0.1) is 0 Å². The van der Waals surface area contributed by atoms with E-state index < -0.39 is 0 Å². The van der Waals surface area contributed by atoms with Gasteiger partial charge in [0.1, 0.15) is 5.82 Å². The van der Waals surface area contributed by atoms with Crippen molar-refractivity contribution in [3.8, 4) is 0 Å². The second-order valence-electron chi connectivity index (χ2n) is 4.77. The number of fused-ring (bicyclic) bond motifs is 1. The van der Waals surface area contributed by atoms with Gasteiger partial charge < -0.3 is 4.57 Å². The van der Waals surface area contributed by atoms with Crippen LogP contribution in [0.25, 0.3) is 12.3 Å². The summed E-state index contributed by atoms with van der Waals surface area (Å²) in [6, 6.07) is 8.86. The molecule has 1 aliphatic carbocycles. The molecular weight excluding hydrogens is 225 g/mol. The molecule has 0 amide bonds. The molecule has 2 heteroatoms. The fourth-order valence-corrected chi connectivity index (χ4v) is 2.56. The van der Waals surface area contributed by atoms with Crippen LogP contribution in [0.3, 0.4) is 0 Å². The third-order valence-electron chi connectivity index (χ3n) is 3.50. The van der Waals surface area contributed by atoms with Gasteiger partial charge in [0.25, 0.3) is 0 Å². The molecule has 1 aromatic carbocycles. The van der Waals surface area contributed by atoms with Gasteiger partial charge in [-0.1, -0.05) is 12.1 Å². The lowest BCUT2D eigenvalue weighted by Crippen LogP contribution is -2.03. The quantitative estimate of drug-likeness (QED) is 0.745. The van der Waals surface area contributed by atoms with Gasteiger partial charge in [-0.3, -0.25) is 0 Å². The fourth-order valence-electron chi connectivity index (χ4n) is 2.56. The zero-order chi connectivity index (χ0) is 12.4. The number of hydrogen-bond donors (Lipinski definition) is 0. The Kier molecular flexibility index (Phi) is 3.01. The van der Waals surface area contributed by atoms with Gasteiger partial charge in [-0.05, 0) is 61.1 Å². The Morgan fingerprint density at radius 2 is 2.00 bits per heavy atom. The molecule has 1 aliphatic rings. The molecule has 0 unspecified atom stereocenters. The molecule has 18 heavy (non-hydrogen) atoms. The minimum absolute atomic E-state index is 0.188. The number of halogens is 1. The number of aryl methyl sites for hydroxylation is 1. The van der Waals surface area contributed by atoms with Crippen molar-refractivity contribution in [2.45, 2.75) is 25.7 Å². The molecule has 0 N–H and O–H groups in total. The molecule has 1 heterocycles. The molecule has 0 radical (unpaired) electrons. The number of benzene rings is 1. The standard InChI is InChI=1S/C16H16FN/c17-15-6-3-4-13(12-15)8-10-18-11-9-14-5-1-2-7-16(14)18/h3-4,6,8-12H,1-2,5,7H2/b10-8+. The summed E-state index contributed by atoms with van der Waals surface area (Å²) < 4.78 is 15.2. The van der Waals surface area contributed by atoms with Gasteiger partial charge in [0.15, 0.2) is 0 Å². The zero-order valence-corrected chi connectivity index (χ0v) is 10.3. The molecule has 0 atom stereocenters. The van der Waals surface area contributed by atoms with Crippen molar-refractivity contribution in [1.82, 2.24) is 4.57 Å². The summed E-state index contributed by atoms with van der Waals surface area (Å²) >= 11 is 0. The molecule has 92 valence electrons. The Hall–Kier alpha value is -1.83. The van der Waals surface area contributed by atoms with E-state index in [4.69, 9.17) is 0 Å². The largest absolute Gasteiger partial charge is 0.327 e. The minimum Gasteiger partial charge on any atom is -0.327 e. The maximum atomic E-state index is 13.1. The van der Waals surface area contributed by atoms with Crippen LogP contribution in [0.5, 0.6) is 0 Å². The zero-order valence-electron chi connectivity index (χ0n) is 10.3. The molecule has 0 saturated carbocycles. The lowest BCUT2D eigenvalue weighted by Gasteiger charge is -2.13. The molecule has 0 aliphatic heterocycles. The molecule has 1 nitrogen and oxygen atoms in total. The molecule has 3 rings (SSSR count). The summed E-state index contributed by atoms with van der Waals surface area (Å²) in [7, 11) is 0. The summed E-state index contributed by atoms with van der Waals surface area (Å²) in [6.45, 7) is 0. The van der Waals surface area contributed by atoms with Crippen molar-refractivity contribution in [2.24, 2.45) is 0 Å². The second kappa shape index (κ2) is 4.81. The van der Waals surface area contributed by atoms with Crippen LogP contribution >= 0.6 is 0 Å². The summed E-state index contributed by atoms with van der Waals surface area (Å²) in [5, 5.41) is 0. The normalized spacial score (nSPS) is 14.9. The van der Waals surface area contributed by atoms with Crippen LogP contribution in [-0.2, 0) is 12.8 Å².